The molecule has 0 saturated carbocycles. The number of aryl methyl sites for hydroxylation is 2. The van der Waals surface area contributed by atoms with Crippen LogP contribution in [0.1, 0.15) is 47.7 Å². The van der Waals surface area contributed by atoms with Crippen molar-refractivity contribution >= 4 is 11.8 Å². The predicted octanol–water partition coefficient (Wildman–Crippen LogP) is 2.70. The fraction of sp³-hybridized carbons (Fsp3) is 0.600. The Balaban J connectivity index is 1.89. The van der Waals surface area contributed by atoms with E-state index >= 15 is 0 Å². The molecule has 1 N–H and O–H groups in total. The number of ether oxygens (including phenoxy) is 1. The van der Waals surface area contributed by atoms with Gasteiger partial charge in [0, 0.05) is 38.4 Å². The molecule has 0 aliphatic carbocycles. The van der Waals surface area contributed by atoms with Gasteiger partial charge in [-0.15, -0.1) is 0 Å². The third-order valence-corrected chi connectivity index (χ3v) is 4.52. The van der Waals surface area contributed by atoms with Crippen molar-refractivity contribution in [3.63, 3.8) is 0 Å². The maximum atomic E-state index is 12.8. The third-order valence-electron chi connectivity index (χ3n) is 4.52. The SMILES string of the molecule is CCOCCCNC(=O)[C@@H]1CCCN(C(=O)c2cc(C)cc(C)c2)C1. The molecule has 1 atom stereocenters. The minimum Gasteiger partial charge on any atom is -0.382 e. The van der Waals surface area contributed by atoms with Gasteiger partial charge in [0.1, 0.15) is 0 Å². The molecule has 5 nitrogen and oxygen atoms in total. The van der Waals surface area contributed by atoms with Gasteiger partial charge in [-0.2, -0.15) is 0 Å². The topological polar surface area (TPSA) is 58.6 Å². The molecule has 1 fully saturated rings. The molecule has 2 amide bonds. The molecule has 1 aromatic rings. The van der Waals surface area contributed by atoms with Crippen LogP contribution in [0.5, 0.6) is 0 Å². The van der Waals surface area contributed by atoms with Gasteiger partial charge in [0.2, 0.25) is 5.91 Å². The first-order valence-corrected chi connectivity index (χ1v) is 9.24. The molecule has 0 aromatic heterocycles. The number of carbonyl (C=O) groups is 2. The van der Waals surface area contributed by atoms with Crippen LogP contribution in [-0.2, 0) is 9.53 Å². The number of likely N-dealkylation sites (tertiary alicyclic amines) is 1. The molecule has 25 heavy (non-hydrogen) atoms. The number of nitrogens with one attached hydrogen (secondary N) is 1. The predicted molar refractivity (Wildman–Crippen MR) is 98.7 cm³/mol. The summed E-state index contributed by atoms with van der Waals surface area (Å²) in [4.78, 5) is 27.0. The zero-order valence-electron chi connectivity index (χ0n) is 15.6. The smallest absolute Gasteiger partial charge is 0.253 e. The first-order chi connectivity index (χ1) is 12.0. The van der Waals surface area contributed by atoms with Crippen molar-refractivity contribution in [3.05, 3.63) is 34.9 Å². The van der Waals surface area contributed by atoms with Gasteiger partial charge in [-0.3, -0.25) is 9.59 Å². The quantitative estimate of drug-likeness (QED) is 0.772. The molecule has 0 bridgehead atoms. The van der Waals surface area contributed by atoms with Crippen LogP contribution in [0.4, 0.5) is 0 Å². The number of rotatable bonds is 7. The van der Waals surface area contributed by atoms with Gasteiger partial charge in [0.15, 0.2) is 0 Å². The van der Waals surface area contributed by atoms with Crippen LogP contribution in [-0.4, -0.2) is 49.6 Å². The number of carbonyl (C=O) groups excluding carboxylic acids is 2. The van der Waals surface area contributed by atoms with E-state index in [2.05, 4.69) is 11.4 Å². The fourth-order valence-corrected chi connectivity index (χ4v) is 3.33. The fourth-order valence-electron chi connectivity index (χ4n) is 3.33. The molecule has 1 heterocycles. The first kappa shape index (κ1) is 19.4. The molecule has 0 spiro atoms. The summed E-state index contributed by atoms with van der Waals surface area (Å²) in [6.07, 6.45) is 2.53. The van der Waals surface area contributed by atoms with E-state index in [1.54, 1.807) is 0 Å². The maximum absolute atomic E-state index is 12.8. The Hall–Kier alpha value is -1.88. The number of piperidine rings is 1. The highest BCUT2D eigenvalue weighted by molar-refractivity contribution is 5.95. The lowest BCUT2D eigenvalue weighted by Gasteiger charge is -2.32. The molecular weight excluding hydrogens is 316 g/mol. The van der Waals surface area contributed by atoms with Crippen LogP contribution < -0.4 is 5.32 Å². The van der Waals surface area contributed by atoms with Crippen LogP contribution in [0.25, 0.3) is 0 Å². The van der Waals surface area contributed by atoms with E-state index in [0.717, 1.165) is 42.5 Å². The van der Waals surface area contributed by atoms with Crippen LogP contribution in [0.2, 0.25) is 0 Å². The largest absolute Gasteiger partial charge is 0.382 e. The number of hydrogen-bond donors (Lipinski definition) is 1. The monoisotopic (exact) mass is 346 g/mol. The summed E-state index contributed by atoms with van der Waals surface area (Å²) in [5, 5.41) is 2.97. The van der Waals surface area contributed by atoms with Gasteiger partial charge in [0.05, 0.1) is 5.92 Å². The number of nitrogens with zero attached hydrogens (tertiary/aromatic N) is 1. The van der Waals surface area contributed by atoms with E-state index in [1.165, 1.54) is 0 Å². The molecular formula is C20H30N2O3. The van der Waals surface area contributed by atoms with E-state index < -0.39 is 0 Å². The maximum Gasteiger partial charge on any atom is 0.253 e. The van der Waals surface area contributed by atoms with Gasteiger partial charge in [-0.25, -0.2) is 0 Å². The van der Waals surface area contributed by atoms with Crippen molar-refractivity contribution in [2.24, 2.45) is 5.92 Å². The Morgan fingerprint density at radius 1 is 1.24 bits per heavy atom. The van der Waals surface area contributed by atoms with Crippen LogP contribution >= 0.6 is 0 Å². The van der Waals surface area contributed by atoms with Crippen molar-refractivity contribution in [2.45, 2.75) is 40.0 Å². The molecule has 138 valence electrons. The summed E-state index contributed by atoms with van der Waals surface area (Å²) in [6.45, 7) is 9.17. The molecule has 2 rings (SSSR count). The van der Waals surface area contributed by atoms with E-state index in [1.807, 2.05) is 37.8 Å². The van der Waals surface area contributed by atoms with Gasteiger partial charge in [-0.05, 0) is 52.2 Å². The lowest BCUT2D eigenvalue weighted by molar-refractivity contribution is -0.126. The van der Waals surface area contributed by atoms with Crippen molar-refractivity contribution in [1.29, 1.82) is 0 Å². The van der Waals surface area contributed by atoms with Crippen LogP contribution in [0.15, 0.2) is 18.2 Å². The highest BCUT2D eigenvalue weighted by Gasteiger charge is 2.28. The van der Waals surface area contributed by atoms with E-state index in [0.29, 0.717) is 26.3 Å². The number of benzene rings is 1. The van der Waals surface area contributed by atoms with Crippen molar-refractivity contribution in [1.82, 2.24) is 10.2 Å². The second-order valence-electron chi connectivity index (χ2n) is 6.81. The zero-order chi connectivity index (χ0) is 18.2. The minimum absolute atomic E-state index is 0.0284. The molecule has 1 aliphatic heterocycles. The lowest BCUT2D eigenvalue weighted by atomic mass is 9.96. The van der Waals surface area contributed by atoms with Crippen molar-refractivity contribution < 1.29 is 14.3 Å². The van der Waals surface area contributed by atoms with Crippen molar-refractivity contribution in [3.8, 4) is 0 Å². The highest BCUT2D eigenvalue weighted by atomic mass is 16.5. The molecule has 0 radical (unpaired) electrons. The Labute approximate surface area is 150 Å². The first-order valence-electron chi connectivity index (χ1n) is 9.24. The van der Waals surface area contributed by atoms with Crippen LogP contribution in [0, 0.1) is 19.8 Å². The average molecular weight is 346 g/mol. The van der Waals surface area contributed by atoms with E-state index in [4.69, 9.17) is 4.74 Å². The van der Waals surface area contributed by atoms with Gasteiger partial charge in [-0.1, -0.05) is 17.2 Å². The molecule has 0 unspecified atom stereocenters. The second-order valence-corrected chi connectivity index (χ2v) is 6.81. The Bertz CT molecular complexity index is 580. The Kier molecular flexibility index (Phi) is 7.44. The summed E-state index contributed by atoms with van der Waals surface area (Å²) in [5.41, 5.74) is 2.89. The zero-order valence-corrected chi connectivity index (χ0v) is 15.6. The summed E-state index contributed by atoms with van der Waals surface area (Å²) in [6, 6.07) is 5.91. The van der Waals surface area contributed by atoms with Gasteiger partial charge < -0.3 is 15.0 Å². The summed E-state index contributed by atoms with van der Waals surface area (Å²) >= 11 is 0. The standard InChI is InChI=1S/C20H30N2O3/c1-4-25-10-6-8-21-19(23)17-7-5-9-22(14-17)20(24)18-12-15(2)11-16(3)13-18/h11-13,17H,4-10,14H2,1-3H3,(H,21,23)/t17-/m1/s1. The molecule has 1 aliphatic rings. The van der Waals surface area contributed by atoms with E-state index in [9.17, 15) is 9.59 Å². The summed E-state index contributed by atoms with van der Waals surface area (Å²) in [5.74, 6) is -0.0363. The Morgan fingerprint density at radius 2 is 1.96 bits per heavy atom. The minimum atomic E-state index is -0.115. The third kappa shape index (κ3) is 5.85. The molecule has 1 aromatic carbocycles. The van der Waals surface area contributed by atoms with E-state index in [-0.39, 0.29) is 17.7 Å². The second kappa shape index (κ2) is 9.56. The Morgan fingerprint density at radius 3 is 2.64 bits per heavy atom. The lowest BCUT2D eigenvalue weighted by Crippen LogP contribution is -2.45. The number of hydrogen-bond acceptors (Lipinski definition) is 3. The normalized spacial score (nSPS) is 17.4. The number of amides is 2. The van der Waals surface area contributed by atoms with Gasteiger partial charge in [0.25, 0.3) is 5.91 Å². The van der Waals surface area contributed by atoms with Crippen LogP contribution in [0.3, 0.4) is 0 Å². The molecule has 5 heteroatoms. The van der Waals surface area contributed by atoms with Crippen molar-refractivity contribution in [2.75, 3.05) is 32.8 Å². The van der Waals surface area contributed by atoms with Gasteiger partial charge >= 0.3 is 0 Å². The highest BCUT2D eigenvalue weighted by Crippen LogP contribution is 2.20. The summed E-state index contributed by atoms with van der Waals surface area (Å²) in [7, 11) is 0. The summed E-state index contributed by atoms with van der Waals surface area (Å²) < 4.78 is 5.27. The molecule has 1 saturated heterocycles. The average Bonchev–Trinajstić information content (AvgIpc) is 2.60.